The molecule has 5 N–H and O–H groups in total. The molecule has 0 aliphatic carbocycles. The fraction of sp³-hybridized carbons (Fsp3) is 0.364. The van der Waals surface area contributed by atoms with Crippen LogP contribution in [0.3, 0.4) is 0 Å². The highest BCUT2D eigenvalue weighted by molar-refractivity contribution is 6.30. The Labute approximate surface area is 249 Å². The van der Waals surface area contributed by atoms with Crippen molar-refractivity contribution in [3.63, 3.8) is 0 Å². The number of carboxylic acids is 2. The molecule has 2 amide bonds. The number of aromatic nitrogens is 2. The first-order chi connectivity index (χ1) is 20.4. The number of hydrogen-bond acceptors (Lipinski definition) is 4. The van der Waals surface area contributed by atoms with E-state index < -0.39 is 11.9 Å². The molecule has 43 heavy (non-hydrogen) atoms. The summed E-state index contributed by atoms with van der Waals surface area (Å²) in [5.74, 6) is -2.45. The third-order valence-corrected chi connectivity index (χ3v) is 8.35. The second-order valence-corrected chi connectivity index (χ2v) is 11.0. The van der Waals surface area contributed by atoms with Crippen molar-refractivity contribution in [1.29, 1.82) is 0 Å². The van der Waals surface area contributed by atoms with Gasteiger partial charge >= 0.3 is 11.9 Å². The van der Waals surface area contributed by atoms with Crippen LogP contribution in [-0.4, -0.2) is 49.6 Å². The third kappa shape index (κ3) is 6.38. The van der Waals surface area contributed by atoms with E-state index in [0.717, 1.165) is 44.4 Å². The van der Waals surface area contributed by atoms with Crippen molar-refractivity contribution in [2.75, 3.05) is 0 Å². The Bertz CT molecular complexity index is 1780. The number of amides is 2. The molecule has 10 heteroatoms. The molecule has 2 aromatic rings. The van der Waals surface area contributed by atoms with Crippen molar-refractivity contribution in [2.45, 2.75) is 73.6 Å². The van der Waals surface area contributed by atoms with Gasteiger partial charge in [-0.3, -0.25) is 19.2 Å². The fourth-order valence-corrected chi connectivity index (χ4v) is 5.77. The Kier molecular flexibility index (Phi) is 9.18. The summed E-state index contributed by atoms with van der Waals surface area (Å²) in [6, 6.07) is 0. The lowest BCUT2D eigenvalue weighted by atomic mass is 10.00. The van der Waals surface area contributed by atoms with Gasteiger partial charge in [0, 0.05) is 46.2 Å². The molecule has 2 aliphatic heterocycles. The number of aromatic amines is 2. The molecule has 1 unspecified atom stereocenters. The highest BCUT2D eigenvalue weighted by atomic mass is 16.4. The first kappa shape index (κ1) is 31.2. The number of aliphatic carboxylic acids is 2. The van der Waals surface area contributed by atoms with E-state index in [-0.39, 0.29) is 43.4 Å². The minimum Gasteiger partial charge on any atom is -0.481 e. The molecule has 0 radical (unpaired) electrons. The van der Waals surface area contributed by atoms with Gasteiger partial charge in [-0.05, 0) is 106 Å². The molecule has 0 aromatic carbocycles. The largest absolute Gasteiger partial charge is 0.481 e. The molecule has 4 heterocycles. The molecule has 4 rings (SSSR count). The average molecular weight is 587 g/mol. The maximum atomic E-state index is 12.4. The van der Waals surface area contributed by atoms with Gasteiger partial charge in [0.05, 0.1) is 11.6 Å². The number of hydrogen-bond donors (Lipinski definition) is 5. The van der Waals surface area contributed by atoms with E-state index in [1.165, 1.54) is 0 Å². The molecule has 0 bridgehead atoms. The predicted octanol–water partition coefficient (Wildman–Crippen LogP) is 3.36. The SMILES string of the molecule is C/C=C1\C(=C\c2[nH]c(/C=c3\[nH]/c(=C/C4=NC(=O)C(CC)=C4C)c(C)c3CCC(=O)O)c(C)c2CCC(=O)O)NC(=O)C1C. The summed E-state index contributed by atoms with van der Waals surface area (Å²) in [4.78, 5) is 58.7. The summed E-state index contributed by atoms with van der Waals surface area (Å²) in [5.41, 5.74) is 8.41. The number of nitrogens with zero attached hydrogens (tertiary/aromatic N) is 1. The van der Waals surface area contributed by atoms with E-state index in [4.69, 9.17) is 0 Å². The van der Waals surface area contributed by atoms with E-state index in [1.807, 2.05) is 65.8 Å². The van der Waals surface area contributed by atoms with E-state index >= 15 is 0 Å². The zero-order valence-corrected chi connectivity index (χ0v) is 25.4. The topological polar surface area (TPSA) is 165 Å². The van der Waals surface area contributed by atoms with E-state index in [0.29, 0.717) is 34.4 Å². The van der Waals surface area contributed by atoms with Gasteiger partial charge in [0.2, 0.25) is 5.91 Å². The fourth-order valence-electron chi connectivity index (χ4n) is 5.77. The first-order valence-electron chi connectivity index (χ1n) is 14.4. The minimum atomic E-state index is -0.915. The number of carboxylic acid groups (broad SMARTS) is 2. The van der Waals surface area contributed by atoms with E-state index in [1.54, 1.807) is 0 Å². The van der Waals surface area contributed by atoms with Gasteiger partial charge in [0.15, 0.2) is 0 Å². The van der Waals surface area contributed by atoms with Crippen molar-refractivity contribution < 1.29 is 29.4 Å². The van der Waals surface area contributed by atoms with Crippen molar-refractivity contribution in [2.24, 2.45) is 10.9 Å². The summed E-state index contributed by atoms with van der Waals surface area (Å²) in [6.07, 6.45) is 8.50. The van der Waals surface area contributed by atoms with Gasteiger partial charge < -0.3 is 25.5 Å². The Hall–Kier alpha value is -4.73. The van der Waals surface area contributed by atoms with E-state index in [2.05, 4.69) is 20.3 Å². The van der Waals surface area contributed by atoms with Gasteiger partial charge in [0.1, 0.15) is 0 Å². The molecule has 0 spiro atoms. The summed E-state index contributed by atoms with van der Waals surface area (Å²) in [7, 11) is 0. The number of allylic oxidation sites excluding steroid dienone is 3. The number of carbonyl (C=O) groups excluding carboxylic acids is 2. The minimum absolute atomic E-state index is 0.0632. The Morgan fingerprint density at radius 2 is 1.53 bits per heavy atom. The summed E-state index contributed by atoms with van der Waals surface area (Å²) in [6.45, 7) is 11.3. The lowest BCUT2D eigenvalue weighted by molar-refractivity contribution is -0.138. The molecule has 1 atom stereocenters. The maximum Gasteiger partial charge on any atom is 0.303 e. The monoisotopic (exact) mass is 586 g/mol. The Balaban J connectivity index is 1.89. The van der Waals surface area contributed by atoms with Crippen LogP contribution in [0.2, 0.25) is 0 Å². The number of aliphatic imine (C=N–C) groups is 1. The van der Waals surface area contributed by atoms with Gasteiger partial charge in [-0.1, -0.05) is 13.0 Å². The molecule has 2 aliphatic rings. The Morgan fingerprint density at radius 3 is 2.12 bits per heavy atom. The number of carbonyl (C=O) groups is 4. The van der Waals surface area contributed by atoms with Crippen LogP contribution >= 0.6 is 0 Å². The normalized spacial score (nSPS) is 19.8. The van der Waals surface area contributed by atoms with Crippen molar-refractivity contribution >= 4 is 47.7 Å². The van der Waals surface area contributed by atoms with Crippen LogP contribution in [-0.2, 0) is 32.0 Å². The van der Waals surface area contributed by atoms with Gasteiger partial charge in [0.25, 0.3) is 5.91 Å². The van der Waals surface area contributed by atoms with Crippen LogP contribution in [0.15, 0.2) is 33.5 Å². The Morgan fingerprint density at radius 1 is 0.884 bits per heavy atom. The van der Waals surface area contributed by atoms with Crippen LogP contribution in [0.25, 0.3) is 18.2 Å². The van der Waals surface area contributed by atoms with Crippen LogP contribution in [0.4, 0.5) is 0 Å². The van der Waals surface area contributed by atoms with Crippen LogP contribution in [0.1, 0.15) is 80.6 Å². The molecular formula is C33H38N4O6. The number of nitrogens with one attached hydrogen (secondary N) is 3. The lowest BCUT2D eigenvalue weighted by Crippen LogP contribution is -2.16. The molecule has 1 fully saturated rings. The smallest absolute Gasteiger partial charge is 0.303 e. The average Bonchev–Trinajstić information content (AvgIpc) is 3.59. The van der Waals surface area contributed by atoms with Crippen LogP contribution in [0, 0.1) is 19.8 Å². The van der Waals surface area contributed by atoms with Gasteiger partial charge in [-0.15, -0.1) is 0 Å². The number of rotatable bonds is 10. The molecule has 10 nitrogen and oxygen atoms in total. The van der Waals surface area contributed by atoms with Gasteiger partial charge in [-0.25, -0.2) is 4.99 Å². The van der Waals surface area contributed by atoms with Crippen LogP contribution < -0.4 is 16.0 Å². The zero-order valence-electron chi connectivity index (χ0n) is 25.4. The molecule has 0 saturated carbocycles. The van der Waals surface area contributed by atoms with Gasteiger partial charge in [-0.2, -0.15) is 0 Å². The quantitative estimate of drug-likeness (QED) is 0.286. The summed E-state index contributed by atoms with van der Waals surface area (Å²) >= 11 is 0. The van der Waals surface area contributed by atoms with Crippen LogP contribution in [0.5, 0.6) is 0 Å². The maximum absolute atomic E-state index is 12.4. The second-order valence-electron chi connectivity index (χ2n) is 11.0. The van der Waals surface area contributed by atoms with E-state index in [9.17, 15) is 29.4 Å². The highest BCUT2D eigenvalue weighted by Gasteiger charge is 2.29. The van der Waals surface area contributed by atoms with Crippen molar-refractivity contribution in [3.8, 4) is 0 Å². The molecule has 1 saturated heterocycles. The van der Waals surface area contributed by atoms with Crippen molar-refractivity contribution in [3.05, 3.63) is 72.8 Å². The predicted molar refractivity (Wildman–Crippen MR) is 165 cm³/mol. The summed E-state index contributed by atoms with van der Waals surface area (Å²) in [5, 5.41) is 23.2. The lowest BCUT2D eigenvalue weighted by Gasteiger charge is -2.04. The summed E-state index contributed by atoms with van der Waals surface area (Å²) < 4.78 is 0. The molecule has 226 valence electrons. The standard InChI is InChI=1S/C33H38N4O6/c1-7-20-19(6)32(42)37-27(20)15-29-23(10-12-31(40)41)18(5)25(35-29)14-28-22(9-11-30(38)39)17(4)24(34-28)13-26-16(3)21(8-2)33(43)36-26/h7,13-15,19,34-35H,8-12H2,1-6H3,(H,37,42)(H,38,39)(H,40,41)/b20-7-,24-13+,27-15-,28-14-. The van der Waals surface area contributed by atoms with Crippen molar-refractivity contribution in [1.82, 2.24) is 15.3 Å². The highest BCUT2D eigenvalue weighted by Crippen LogP contribution is 2.30. The third-order valence-electron chi connectivity index (χ3n) is 8.35. The second kappa shape index (κ2) is 12.6. The number of H-pyrrole nitrogens is 2. The molecular weight excluding hydrogens is 548 g/mol. The zero-order chi connectivity index (χ0) is 31.6. The first-order valence-corrected chi connectivity index (χ1v) is 14.4. The molecule has 2 aromatic heterocycles.